The summed E-state index contributed by atoms with van der Waals surface area (Å²) in [5.41, 5.74) is 3.81. The zero-order valence-electron chi connectivity index (χ0n) is 14.1. The largest absolute Gasteiger partial charge is 0.494 e. The van der Waals surface area contributed by atoms with Crippen LogP contribution in [0.1, 0.15) is 24.1 Å². The van der Waals surface area contributed by atoms with Crippen LogP contribution in [0.25, 0.3) is 10.9 Å². The van der Waals surface area contributed by atoms with E-state index in [4.69, 9.17) is 4.74 Å². The van der Waals surface area contributed by atoms with Crippen molar-refractivity contribution >= 4 is 16.8 Å². The fourth-order valence-electron chi connectivity index (χ4n) is 3.57. The normalized spacial score (nSPS) is 15.9. The Morgan fingerprint density at radius 1 is 1.08 bits per heavy atom. The van der Waals surface area contributed by atoms with Gasteiger partial charge in [-0.3, -0.25) is 4.79 Å². The minimum Gasteiger partial charge on any atom is -0.494 e. The molecule has 4 heteroatoms. The molecule has 0 aliphatic heterocycles. The number of carbonyl (C=O) groups is 1. The highest BCUT2D eigenvalue weighted by atomic mass is 16.5. The molecule has 2 N–H and O–H groups in total. The first-order chi connectivity index (χ1) is 12.3. The van der Waals surface area contributed by atoms with E-state index in [2.05, 4.69) is 28.5 Å². The van der Waals surface area contributed by atoms with E-state index in [-0.39, 0.29) is 11.9 Å². The van der Waals surface area contributed by atoms with Crippen molar-refractivity contribution in [3.8, 4) is 5.75 Å². The summed E-state index contributed by atoms with van der Waals surface area (Å²) >= 11 is 0. The van der Waals surface area contributed by atoms with E-state index in [9.17, 15) is 4.79 Å². The van der Waals surface area contributed by atoms with Gasteiger partial charge in [0.1, 0.15) is 5.75 Å². The molecule has 2 aromatic carbocycles. The lowest BCUT2D eigenvalue weighted by molar-refractivity contribution is -0.121. The number of ether oxygens (including phenoxy) is 1. The van der Waals surface area contributed by atoms with Gasteiger partial charge in [0.15, 0.2) is 0 Å². The molecule has 25 heavy (non-hydrogen) atoms. The van der Waals surface area contributed by atoms with Crippen LogP contribution in [0.5, 0.6) is 5.75 Å². The smallest absolute Gasteiger partial charge is 0.220 e. The highest BCUT2D eigenvalue weighted by Crippen LogP contribution is 2.29. The summed E-state index contributed by atoms with van der Waals surface area (Å²) in [6.07, 6.45) is 3.02. The Bertz CT molecular complexity index is 870. The number of hydrogen-bond acceptors (Lipinski definition) is 2. The summed E-state index contributed by atoms with van der Waals surface area (Å²) < 4.78 is 5.63. The van der Waals surface area contributed by atoms with Crippen LogP contribution in [-0.4, -0.2) is 23.5 Å². The van der Waals surface area contributed by atoms with Crippen molar-refractivity contribution in [2.24, 2.45) is 0 Å². The number of fused-ring (bicyclic) bond motifs is 3. The molecule has 128 valence electrons. The number of aromatic amines is 1. The third kappa shape index (κ3) is 3.53. The third-order valence-electron chi connectivity index (χ3n) is 4.73. The highest BCUT2D eigenvalue weighted by molar-refractivity contribution is 5.85. The Morgan fingerprint density at radius 3 is 2.76 bits per heavy atom. The van der Waals surface area contributed by atoms with Gasteiger partial charge in [-0.1, -0.05) is 36.4 Å². The fourth-order valence-corrected chi connectivity index (χ4v) is 3.57. The molecular weight excluding hydrogens is 312 g/mol. The Kier molecular flexibility index (Phi) is 4.42. The maximum absolute atomic E-state index is 12.2. The van der Waals surface area contributed by atoms with E-state index in [1.807, 2.05) is 36.4 Å². The van der Waals surface area contributed by atoms with Crippen LogP contribution in [0.4, 0.5) is 0 Å². The van der Waals surface area contributed by atoms with Crippen LogP contribution in [0.3, 0.4) is 0 Å². The predicted octanol–water partition coefficient (Wildman–Crippen LogP) is 3.61. The maximum Gasteiger partial charge on any atom is 0.220 e. The Balaban J connectivity index is 1.23. The van der Waals surface area contributed by atoms with Crippen LogP contribution < -0.4 is 10.1 Å². The Hall–Kier alpha value is -2.75. The van der Waals surface area contributed by atoms with E-state index >= 15 is 0 Å². The SMILES string of the molecule is O=C(CCCOc1ccccc1)NC1Cc2[nH]c3ccccc3c2C1. The summed E-state index contributed by atoms with van der Waals surface area (Å²) in [5.74, 6) is 0.959. The van der Waals surface area contributed by atoms with Gasteiger partial charge in [0, 0.05) is 35.5 Å². The van der Waals surface area contributed by atoms with Crippen molar-refractivity contribution in [3.63, 3.8) is 0 Å². The summed E-state index contributed by atoms with van der Waals surface area (Å²) in [6, 6.07) is 18.3. The van der Waals surface area contributed by atoms with Crippen LogP contribution in [0.2, 0.25) is 0 Å². The Morgan fingerprint density at radius 2 is 1.88 bits per heavy atom. The molecule has 3 aromatic rings. The minimum atomic E-state index is 0.108. The minimum absolute atomic E-state index is 0.108. The molecule has 0 radical (unpaired) electrons. The van der Waals surface area contributed by atoms with E-state index < -0.39 is 0 Å². The number of carbonyl (C=O) groups excluding carboxylic acids is 1. The van der Waals surface area contributed by atoms with Gasteiger partial charge in [0.05, 0.1) is 6.61 Å². The van der Waals surface area contributed by atoms with Gasteiger partial charge < -0.3 is 15.0 Å². The highest BCUT2D eigenvalue weighted by Gasteiger charge is 2.26. The average molecular weight is 334 g/mol. The van der Waals surface area contributed by atoms with Crippen LogP contribution in [0.15, 0.2) is 54.6 Å². The monoisotopic (exact) mass is 334 g/mol. The first-order valence-electron chi connectivity index (χ1n) is 8.85. The lowest BCUT2D eigenvalue weighted by Gasteiger charge is -2.12. The van der Waals surface area contributed by atoms with Crippen molar-refractivity contribution in [1.82, 2.24) is 10.3 Å². The van der Waals surface area contributed by atoms with Crippen LogP contribution >= 0.6 is 0 Å². The molecule has 1 aliphatic rings. The van der Waals surface area contributed by atoms with Crippen LogP contribution in [-0.2, 0) is 17.6 Å². The number of aromatic nitrogens is 1. The zero-order valence-corrected chi connectivity index (χ0v) is 14.1. The number of amides is 1. The van der Waals surface area contributed by atoms with Crippen molar-refractivity contribution in [1.29, 1.82) is 0 Å². The number of hydrogen-bond donors (Lipinski definition) is 2. The van der Waals surface area contributed by atoms with Gasteiger partial charge in [0.2, 0.25) is 5.91 Å². The molecule has 1 atom stereocenters. The molecule has 0 spiro atoms. The third-order valence-corrected chi connectivity index (χ3v) is 4.73. The number of para-hydroxylation sites is 2. The van der Waals surface area contributed by atoms with Crippen LogP contribution in [0, 0.1) is 0 Å². The summed E-state index contributed by atoms with van der Waals surface area (Å²) in [5, 5.41) is 4.44. The summed E-state index contributed by atoms with van der Waals surface area (Å²) in [4.78, 5) is 15.6. The molecule has 1 aliphatic carbocycles. The second-order valence-electron chi connectivity index (χ2n) is 6.57. The van der Waals surface area contributed by atoms with Gasteiger partial charge >= 0.3 is 0 Å². The van der Waals surface area contributed by atoms with E-state index in [0.29, 0.717) is 13.0 Å². The van der Waals surface area contributed by atoms with E-state index in [1.54, 1.807) is 0 Å². The molecule has 1 heterocycles. The lowest BCUT2D eigenvalue weighted by atomic mass is 10.1. The molecule has 4 rings (SSSR count). The van der Waals surface area contributed by atoms with Gasteiger partial charge in [-0.05, 0) is 36.6 Å². The lowest BCUT2D eigenvalue weighted by Crippen LogP contribution is -2.35. The molecule has 0 saturated carbocycles. The van der Waals surface area contributed by atoms with Crippen molar-refractivity contribution in [2.45, 2.75) is 31.7 Å². The first-order valence-corrected chi connectivity index (χ1v) is 8.85. The molecular formula is C21H22N2O2. The summed E-state index contributed by atoms with van der Waals surface area (Å²) in [7, 11) is 0. The molecule has 1 aromatic heterocycles. The summed E-state index contributed by atoms with van der Waals surface area (Å²) in [6.45, 7) is 0.561. The fraction of sp³-hybridized carbons (Fsp3) is 0.286. The first kappa shape index (κ1) is 15.8. The van der Waals surface area contributed by atoms with Gasteiger partial charge in [0.25, 0.3) is 0 Å². The number of benzene rings is 2. The van der Waals surface area contributed by atoms with Gasteiger partial charge in [-0.2, -0.15) is 0 Å². The topological polar surface area (TPSA) is 54.1 Å². The standard InChI is InChI=1S/C21H22N2O2/c24-21(11-6-12-25-16-7-2-1-3-8-16)22-15-13-18-17-9-4-5-10-19(17)23-20(18)14-15/h1-5,7-10,15,23H,6,11-14H2,(H,22,24). The molecule has 1 unspecified atom stereocenters. The predicted molar refractivity (Wildman–Crippen MR) is 98.8 cm³/mol. The van der Waals surface area contributed by atoms with E-state index in [0.717, 1.165) is 25.0 Å². The molecule has 1 amide bonds. The van der Waals surface area contributed by atoms with E-state index in [1.165, 1.54) is 22.2 Å². The number of rotatable bonds is 6. The van der Waals surface area contributed by atoms with Gasteiger partial charge in [-0.15, -0.1) is 0 Å². The van der Waals surface area contributed by atoms with Crippen molar-refractivity contribution < 1.29 is 9.53 Å². The van der Waals surface area contributed by atoms with Gasteiger partial charge in [-0.25, -0.2) is 0 Å². The molecule has 0 bridgehead atoms. The number of H-pyrrole nitrogens is 1. The number of nitrogens with one attached hydrogen (secondary N) is 2. The van der Waals surface area contributed by atoms with Crippen molar-refractivity contribution in [2.75, 3.05) is 6.61 Å². The molecule has 4 nitrogen and oxygen atoms in total. The van der Waals surface area contributed by atoms with Crippen molar-refractivity contribution in [3.05, 3.63) is 65.9 Å². The quantitative estimate of drug-likeness (QED) is 0.677. The second kappa shape index (κ2) is 7.01. The maximum atomic E-state index is 12.2. The molecule has 0 saturated heterocycles. The zero-order chi connectivity index (χ0) is 17.1. The average Bonchev–Trinajstić information content (AvgIpc) is 3.17. The molecule has 0 fully saturated rings. The Labute approximate surface area is 147 Å². The second-order valence-corrected chi connectivity index (χ2v) is 6.57.